The van der Waals surface area contributed by atoms with Crippen LogP contribution in [0.1, 0.15) is 40.7 Å². The highest BCUT2D eigenvalue weighted by molar-refractivity contribution is 6.33. The Bertz CT molecular complexity index is 957. The van der Waals surface area contributed by atoms with Gasteiger partial charge in [-0.1, -0.05) is 29.8 Å². The minimum absolute atomic E-state index is 0.00727. The Morgan fingerprint density at radius 3 is 2.26 bits per heavy atom. The molecule has 9 heteroatoms. The van der Waals surface area contributed by atoms with Gasteiger partial charge in [0.1, 0.15) is 0 Å². The van der Waals surface area contributed by atoms with Crippen molar-refractivity contribution in [2.45, 2.75) is 33.1 Å². The van der Waals surface area contributed by atoms with Gasteiger partial charge in [-0.15, -0.1) is 0 Å². The average molecular weight is 446 g/mol. The first-order chi connectivity index (χ1) is 14.7. The van der Waals surface area contributed by atoms with Crippen LogP contribution in [0.15, 0.2) is 42.5 Å². The summed E-state index contributed by atoms with van der Waals surface area (Å²) in [4.78, 5) is 47.4. The summed E-state index contributed by atoms with van der Waals surface area (Å²) in [7, 11) is 0. The molecule has 0 heterocycles. The zero-order chi connectivity index (χ0) is 22.8. The largest absolute Gasteiger partial charge is 0.456 e. The van der Waals surface area contributed by atoms with E-state index in [9.17, 15) is 19.2 Å². The molecule has 3 amide bonds. The number of aryl methyl sites for hydroxylation is 2. The fraction of sp³-hybridized carbons (Fsp3) is 0.273. The highest BCUT2D eigenvalue weighted by Crippen LogP contribution is 2.14. The molecule has 2 rings (SSSR count). The number of benzene rings is 2. The molecule has 0 aliphatic carbocycles. The van der Waals surface area contributed by atoms with E-state index in [1.807, 2.05) is 32.0 Å². The fourth-order valence-corrected chi connectivity index (χ4v) is 2.98. The molecule has 0 bridgehead atoms. The molecule has 0 aliphatic rings. The molecule has 164 valence electrons. The molecule has 8 nitrogen and oxygen atoms in total. The summed E-state index contributed by atoms with van der Waals surface area (Å²) in [5.41, 5.74) is 7.39. The Hall–Kier alpha value is -3.39. The van der Waals surface area contributed by atoms with Crippen LogP contribution < -0.4 is 16.2 Å². The Balaban J connectivity index is 1.62. The van der Waals surface area contributed by atoms with Crippen LogP contribution in [0.3, 0.4) is 0 Å². The molecule has 0 radical (unpaired) electrons. The summed E-state index contributed by atoms with van der Waals surface area (Å²) in [5, 5.41) is 2.93. The molecule has 0 aliphatic heterocycles. The number of hydrazine groups is 1. The molecule has 2 aromatic carbocycles. The zero-order valence-electron chi connectivity index (χ0n) is 17.3. The molecule has 0 saturated carbocycles. The van der Waals surface area contributed by atoms with Gasteiger partial charge in [-0.3, -0.25) is 30.0 Å². The lowest BCUT2D eigenvalue weighted by Gasteiger charge is -2.09. The van der Waals surface area contributed by atoms with Crippen LogP contribution in [0.25, 0.3) is 0 Å². The lowest BCUT2D eigenvalue weighted by molar-refractivity contribution is -0.147. The minimum atomic E-state index is -0.594. The summed E-state index contributed by atoms with van der Waals surface area (Å²) in [6.07, 6.45) is 0.153. The topological polar surface area (TPSA) is 114 Å². The number of hydrogen-bond donors (Lipinski definition) is 3. The molecular weight excluding hydrogens is 422 g/mol. The van der Waals surface area contributed by atoms with Gasteiger partial charge in [0.2, 0.25) is 5.91 Å². The van der Waals surface area contributed by atoms with Crippen LogP contribution in [0, 0.1) is 13.8 Å². The van der Waals surface area contributed by atoms with Crippen LogP contribution in [0.2, 0.25) is 5.02 Å². The minimum Gasteiger partial charge on any atom is -0.456 e. The summed E-state index contributed by atoms with van der Waals surface area (Å²) in [5.74, 6) is -2.06. The van der Waals surface area contributed by atoms with Gasteiger partial charge in [-0.25, -0.2) is 0 Å². The van der Waals surface area contributed by atoms with Gasteiger partial charge in [0.05, 0.1) is 10.6 Å². The highest BCUT2D eigenvalue weighted by Gasteiger charge is 2.12. The first-order valence-corrected chi connectivity index (χ1v) is 10.00. The van der Waals surface area contributed by atoms with Crippen molar-refractivity contribution in [2.75, 3.05) is 11.9 Å². The Morgan fingerprint density at radius 1 is 0.903 bits per heavy atom. The van der Waals surface area contributed by atoms with Crippen molar-refractivity contribution in [1.29, 1.82) is 0 Å². The molecule has 0 unspecified atom stereocenters. The fourth-order valence-electron chi connectivity index (χ4n) is 2.76. The monoisotopic (exact) mass is 445 g/mol. The second-order valence-electron chi connectivity index (χ2n) is 6.92. The van der Waals surface area contributed by atoms with Crippen LogP contribution in [-0.4, -0.2) is 30.3 Å². The summed E-state index contributed by atoms with van der Waals surface area (Å²) >= 11 is 5.91. The zero-order valence-corrected chi connectivity index (χ0v) is 18.0. The number of carbonyl (C=O) groups excluding carboxylic acids is 4. The second kappa shape index (κ2) is 11.7. The van der Waals surface area contributed by atoms with Gasteiger partial charge in [-0.2, -0.15) is 0 Å². The number of nitrogens with one attached hydrogen (secondary N) is 3. The molecule has 0 spiro atoms. The first-order valence-electron chi connectivity index (χ1n) is 9.62. The van der Waals surface area contributed by atoms with Crippen LogP contribution in [0.4, 0.5) is 5.69 Å². The Labute approximate surface area is 185 Å². The van der Waals surface area contributed by atoms with Crippen molar-refractivity contribution in [1.82, 2.24) is 10.9 Å². The van der Waals surface area contributed by atoms with E-state index in [0.717, 1.165) is 11.1 Å². The number of halogens is 1. The number of ether oxygens (including phenoxy) is 1. The van der Waals surface area contributed by atoms with Gasteiger partial charge in [0.25, 0.3) is 11.8 Å². The van der Waals surface area contributed by atoms with Gasteiger partial charge in [-0.05, 0) is 55.7 Å². The van der Waals surface area contributed by atoms with Gasteiger partial charge >= 0.3 is 5.97 Å². The smallest absolute Gasteiger partial charge is 0.306 e. The SMILES string of the molecule is Cc1cc(C)cc(NC(=O)COC(=O)CCCC(=O)NNC(=O)c2ccccc2Cl)c1. The lowest BCUT2D eigenvalue weighted by Crippen LogP contribution is -2.41. The maximum atomic E-state index is 11.9. The van der Waals surface area contributed by atoms with Gasteiger partial charge < -0.3 is 10.1 Å². The number of hydrogen-bond acceptors (Lipinski definition) is 5. The molecular formula is C22H24ClN3O5. The van der Waals surface area contributed by atoms with E-state index in [1.165, 1.54) is 6.07 Å². The molecule has 2 aromatic rings. The van der Waals surface area contributed by atoms with Crippen molar-refractivity contribution >= 4 is 41.0 Å². The standard InChI is InChI=1S/C22H24ClN3O5/c1-14-10-15(2)12-16(11-14)24-20(28)13-31-21(29)9-5-8-19(27)25-26-22(30)17-6-3-4-7-18(17)23/h3-4,6-7,10-12H,5,8-9,13H2,1-2H3,(H,24,28)(H,25,27)(H,26,30). The molecule has 0 atom stereocenters. The normalized spacial score (nSPS) is 10.2. The van der Waals surface area contributed by atoms with Crippen molar-refractivity contribution in [3.63, 3.8) is 0 Å². The third-order valence-electron chi connectivity index (χ3n) is 4.09. The maximum Gasteiger partial charge on any atom is 0.306 e. The molecule has 0 saturated heterocycles. The lowest BCUT2D eigenvalue weighted by atomic mass is 10.1. The van der Waals surface area contributed by atoms with E-state index in [4.69, 9.17) is 16.3 Å². The van der Waals surface area contributed by atoms with E-state index < -0.39 is 30.3 Å². The third-order valence-corrected chi connectivity index (χ3v) is 4.42. The number of amides is 3. The molecule has 3 N–H and O–H groups in total. The predicted octanol–water partition coefficient (Wildman–Crippen LogP) is 3.07. The number of carbonyl (C=O) groups is 4. The van der Waals surface area contributed by atoms with Gasteiger partial charge in [0, 0.05) is 18.5 Å². The van der Waals surface area contributed by atoms with E-state index in [0.29, 0.717) is 5.69 Å². The van der Waals surface area contributed by atoms with Crippen molar-refractivity contribution in [2.24, 2.45) is 0 Å². The average Bonchev–Trinajstić information content (AvgIpc) is 2.70. The van der Waals surface area contributed by atoms with E-state index in [-0.39, 0.29) is 29.8 Å². The van der Waals surface area contributed by atoms with E-state index >= 15 is 0 Å². The summed E-state index contributed by atoms with van der Waals surface area (Å²) in [6, 6.07) is 12.0. The van der Waals surface area contributed by atoms with Crippen LogP contribution in [0.5, 0.6) is 0 Å². The quantitative estimate of drug-likeness (QED) is 0.427. The van der Waals surface area contributed by atoms with Crippen molar-refractivity contribution in [3.05, 3.63) is 64.2 Å². The predicted molar refractivity (Wildman–Crippen MR) is 116 cm³/mol. The number of esters is 1. The van der Waals surface area contributed by atoms with Crippen molar-refractivity contribution in [3.8, 4) is 0 Å². The maximum absolute atomic E-state index is 11.9. The van der Waals surface area contributed by atoms with E-state index in [1.54, 1.807) is 18.2 Å². The second-order valence-corrected chi connectivity index (χ2v) is 7.33. The molecule has 0 aromatic heterocycles. The Kier molecular flexibility index (Phi) is 9.02. The van der Waals surface area contributed by atoms with Crippen molar-refractivity contribution < 1.29 is 23.9 Å². The highest BCUT2D eigenvalue weighted by atomic mass is 35.5. The summed E-state index contributed by atoms with van der Waals surface area (Å²) < 4.78 is 4.92. The first kappa shape index (κ1) is 23.9. The van der Waals surface area contributed by atoms with E-state index in [2.05, 4.69) is 16.2 Å². The number of anilines is 1. The van der Waals surface area contributed by atoms with Crippen LogP contribution in [-0.2, 0) is 19.1 Å². The van der Waals surface area contributed by atoms with Crippen LogP contribution >= 0.6 is 11.6 Å². The summed E-state index contributed by atoms with van der Waals surface area (Å²) in [6.45, 7) is 3.42. The Morgan fingerprint density at radius 2 is 1.58 bits per heavy atom. The molecule has 31 heavy (non-hydrogen) atoms. The molecule has 0 fully saturated rings. The van der Waals surface area contributed by atoms with Gasteiger partial charge in [0.15, 0.2) is 6.61 Å². The number of rotatable bonds is 8. The third kappa shape index (κ3) is 8.47.